The van der Waals surface area contributed by atoms with Gasteiger partial charge in [-0.25, -0.2) is 0 Å². The van der Waals surface area contributed by atoms with Gasteiger partial charge in [0.2, 0.25) is 0 Å². The van der Waals surface area contributed by atoms with Crippen molar-refractivity contribution in [3.8, 4) is 6.07 Å². The number of rotatable bonds is 2. The van der Waals surface area contributed by atoms with Crippen LogP contribution in [0.2, 0.25) is 5.02 Å². The standard InChI is InChI=1S/C12H11ClN2/c13-10-4-6-11(7-5-10)15-12-3-1-2-9(12)8-14/h4-7,15H,1-3H2. The number of nitriles is 1. The van der Waals surface area contributed by atoms with Crippen LogP contribution >= 0.6 is 11.6 Å². The van der Waals surface area contributed by atoms with E-state index in [1.807, 2.05) is 24.3 Å². The van der Waals surface area contributed by atoms with E-state index in [2.05, 4.69) is 11.4 Å². The van der Waals surface area contributed by atoms with Crippen molar-refractivity contribution in [3.63, 3.8) is 0 Å². The molecular formula is C12H11ClN2. The highest BCUT2D eigenvalue weighted by Crippen LogP contribution is 2.27. The Balaban J connectivity index is 2.16. The van der Waals surface area contributed by atoms with Gasteiger partial charge >= 0.3 is 0 Å². The van der Waals surface area contributed by atoms with Gasteiger partial charge in [0.25, 0.3) is 0 Å². The summed E-state index contributed by atoms with van der Waals surface area (Å²) >= 11 is 5.79. The van der Waals surface area contributed by atoms with Crippen molar-refractivity contribution in [2.45, 2.75) is 19.3 Å². The number of hydrogen-bond acceptors (Lipinski definition) is 2. The monoisotopic (exact) mass is 218 g/mol. The Morgan fingerprint density at radius 2 is 1.93 bits per heavy atom. The van der Waals surface area contributed by atoms with Crippen molar-refractivity contribution in [2.24, 2.45) is 0 Å². The molecule has 0 atom stereocenters. The second kappa shape index (κ2) is 4.37. The Labute approximate surface area is 94.2 Å². The van der Waals surface area contributed by atoms with Gasteiger partial charge in [0.05, 0.1) is 6.07 Å². The maximum absolute atomic E-state index is 8.89. The highest BCUT2D eigenvalue weighted by molar-refractivity contribution is 6.30. The maximum Gasteiger partial charge on any atom is 0.0965 e. The molecule has 0 amide bonds. The third kappa shape index (κ3) is 2.31. The van der Waals surface area contributed by atoms with Crippen LogP contribution in [0.4, 0.5) is 5.69 Å². The van der Waals surface area contributed by atoms with Gasteiger partial charge in [0, 0.05) is 22.0 Å². The molecule has 2 rings (SSSR count). The van der Waals surface area contributed by atoms with Crippen LogP contribution in [0.3, 0.4) is 0 Å². The molecule has 1 aromatic rings. The summed E-state index contributed by atoms with van der Waals surface area (Å²) in [4.78, 5) is 0. The van der Waals surface area contributed by atoms with Crippen molar-refractivity contribution in [3.05, 3.63) is 40.6 Å². The average molecular weight is 219 g/mol. The molecule has 0 spiro atoms. The molecule has 3 heteroatoms. The van der Waals surface area contributed by atoms with Crippen molar-refractivity contribution >= 4 is 17.3 Å². The Kier molecular flexibility index (Phi) is 2.94. The fourth-order valence-corrected chi connectivity index (χ4v) is 1.84. The van der Waals surface area contributed by atoms with E-state index in [1.54, 1.807) is 0 Å². The van der Waals surface area contributed by atoms with E-state index in [4.69, 9.17) is 16.9 Å². The molecule has 1 aliphatic carbocycles. The number of nitrogens with zero attached hydrogens (tertiary/aromatic N) is 1. The SMILES string of the molecule is N#CC1=C(Nc2ccc(Cl)cc2)CCC1. The van der Waals surface area contributed by atoms with Crippen LogP contribution in [0, 0.1) is 11.3 Å². The van der Waals surface area contributed by atoms with E-state index in [0.29, 0.717) is 0 Å². The molecule has 0 aliphatic heterocycles. The average Bonchev–Trinajstić information content (AvgIpc) is 2.69. The van der Waals surface area contributed by atoms with Gasteiger partial charge in [-0.15, -0.1) is 0 Å². The quantitative estimate of drug-likeness (QED) is 0.822. The topological polar surface area (TPSA) is 35.8 Å². The van der Waals surface area contributed by atoms with Gasteiger partial charge in [0.15, 0.2) is 0 Å². The van der Waals surface area contributed by atoms with Crippen molar-refractivity contribution in [2.75, 3.05) is 5.32 Å². The Bertz CT molecular complexity index is 426. The first kappa shape index (κ1) is 10.1. The molecule has 1 N–H and O–H groups in total. The largest absolute Gasteiger partial charge is 0.358 e. The second-order valence-corrected chi connectivity index (χ2v) is 3.99. The molecule has 0 bridgehead atoms. The summed E-state index contributed by atoms with van der Waals surface area (Å²) in [7, 11) is 0. The first-order chi connectivity index (χ1) is 7.29. The van der Waals surface area contributed by atoms with Crippen LogP contribution in [-0.4, -0.2) is 0 Å². The van der Waals surface area contributed by atoms with Crippen LogP contribution in [0.15, 0.2) is 35.5 Å². The lowest BCUT2D eigenvalue weighted by atomic mass is 10.2. The smallest absolute Gasteiger partial charge is 0.0965 e. The number of halogens is 1. The van der Waals surface area contributed by atoms with Crippen molar-refractivity contribution in [1.82, 2.24) is 0 Å². The lowest BCUT2D eigenvalue weighted by molar-refractivity contribution is 0.901. The number of allylic oxidation sites excluding steroid dienone is 2. The molecule has 1 aromatic carbocycles. The molecule has 0 saturated heterocycles. The van der Waals surface area contributed by atoms with E-state index < -0.39 is 0 Å². The van der Waals surface area contributed by atoms with Crippen LogP contribution in [0.5, 0.6) is 0 Å². The summed E-state index contributed by atoms with van der Waals surface area (Å²) in [6.07, 6.45) is 2.93. The van der Waals surface area contributed by atoms with Gasteiger partial charge in [0.1, 0.15) is 0 Å². The Hall–Kier alpha value is -1.46. The minimum atomic E-state index is 0.724. The van der Waals surface area contributed by atoms with Crippen LogP contribution in [-0.2, 0) is 0 Å². The number of hydrogen-bond donors (Lipinski definition) is 1. The molecule has 76 valence electrons. The summed E-state index contributed by atoms with van der Waals surface area (Å²) in [5.41, 5.74) is 2.92. The van der Waals surface area contributed by atoms with Gasteiger partial charge in [-0.2, -0.15) is 5.26 Å². The van der Waals surface area contributed by atoms with Crippen molar-refractivity contribution in [1.29, 1.82) is 5.26 Å². The molecule has 0 saturated carbocycles. The number of nitrogens with one attached hydrogen (secondary N) is 1. The fraction of sp³-hybridized carbons (Fsp3) is 0.250. The zero-order valence-electron chi connectivity index (χ0n) is 8.26. The minimum absolute atomic E-state index is 0.724. The highest BCUT2D eigenvalue weighted by Gasteiger charge is 2.13. The van der Waals surface area contributed by atoms with E-state index in [0.717, 1.165) is 41.2 Å². The Morgan fingerprint density at radius 3 is 2.60 bits per heavy atom. The third-order valence-electron chi connectivity index (χ3n) is 2.49. The zero-order valence-corrected chi connectivity index (χ0v) is 9.01. The van der Waals surface area contributed by atoms with Gasteiger partial charge in [-0.05, 0) is 43.5 Å². The predicted molar refractivity (Wildman–Crippen MR) is 61.6 cm³/mol. The molecule has 2 nitrogen and oxygen atoms in total. The Morgan fingerprint density at radius 1 is 1.20 bits per heavy atom. The highest BCUT2D eigenvalue weighted by atomic mass is 35.5. The molecule has 15 heavy (non-hydrogen) atoms. The normalized spacial score (nSPS) is 15.2. The molecule has 0 unspecified atom stereocenters. The van der Waals surface area contributed by atoms with E-state index in [1.165, 1.54) is 0 Å². The summed E-state index contributed by atoms with van der Waals surface area (Å²) in [6, 6.07) is 9.75. The molecule has 0 radical (unpaired) electrons. The zero-order chi connectivity index (χ0) is 10.7. The summed E-state index contributed by atoms with van der Waals surface area (Å²) < 4.78 is 0. The predicted octanol–water partition coefficient (Wildman–Crippen LogP) is 3.71. The molecule has 0 fully saturated rings. The lowest BCUT2D eigenvalue weighted by Gasteiger charge is -2.07. The van der Waals surface area contributed by atoms with Crippen LogP contribution in [0.25, 0.3) is 0 Å². The minimum Gasteiger partial charge on any atom is -0.358 e. The summed E-state index contributed by atoms with van der Waals surface area (Å²) in [5, 5.41) is 12.9. The van der Waals surface area contributed by atoms with Crippen LogP contribution < -0.4 is 5.32 Å². The van der Waals surface area contributed by atoms with E-state index in [-0.39, 0.29) is 0 Å². The first-order valence-corrected chi connectivity index (χ1v) is 5.32. The van der Waals surface area contributed by atoms with Gasteiger partial charge in [-0.1, -0.05) is 11.6 Å². The molecule has 0 aromatic heterocycles. The van der Waals surface area contributed by atoms with E-state index in [9.17, 15) is 0 Å². The summed E-state index contributed by atoms with van der Waals surface area (Å²) in [6.45, 7) is 0. The molecule has 0 heterocycles. The molecule has 1 aliphatic rings. The molecular weight excluding hydrogens is 208 g/mol. The maximum atomic E-state index is 8.89. The second-order valence-electron chi connectivity index (χ2n) is 3.55. The summed E-state index contributed by atoms with van der Waals surface area (Å²) in [5.74, 6) is 0. The third-order valence-corrected chi connectivity index (χ3v) is 2.74. The van der Waals surface area contributed by atoms with Crippen LogP contribution in [0.1, 0.15) is 19.3 Å². The first-order valence-electron chi connectivity index (χ1n) is 4.94. The van der Waals surface area contributed by atoms with Crippen molar-refractivity contribution < 1.29 is 0 Å². The number of benzene rings is 1. The van der Waals surface area contributed by atoms with E-state index >= 15 is 0 Å². The van der Waals surface area contributed by atoms with Gasteiger partial charge in [-0.3, -0.25) is 0 Å². The lowest BCUT2D eigenvalue weighted by Crippen LogP contribution is -1.98. The number of anilines is 1. The van der Waals surface area contributed by atoms with Gasteiger partial charge < -0.3 is 5.32 Å². The fourth-order valence-electron chi connectivity index (χ4n) is 1.71.